The van der Waals surface area contributed by atoms with Crippen LogP contribution in [0.25, 0.3) is 0 Å². The second kappa shape index (κ2) is 5.80. The highest BCUT2D eigenvalue weighted by Crippen LogP contribution is 2.17. The summed E-state index contributed by atoms with van der Waals surface area (Å²) in [6.07, 6.45) is 0.986. The Balaban J connectivity index is 2.55. The van der Waals surface area contributed by atoms with Crippen molar-refractivity contribution in [2.75, 3.05) is 13.1 Å². The highest BCUT2D eigenvalue weighted by molar-refractivity contribution is 5.77. The van der Waals surface area contributed by atoms with Crippen LogP contribution in [0.4, 0.5) is 0 Å². The maximum atomic E-state index is 10.8. The van der Waals surface area contributed by atoms with E-state index in [9.17, 15) is 4.79 Å². The van der Waals surface area contributed by atoms with Crippen molar-refractivity contribution < 1.29 is 4.79 Å². The predicted octanol–water partition coefficient (Wildman–Crippen LogP) is 2.33. The number of carbonyl (C=O) groups is 1. The van der Waals surface area contributed by atoms with Gasteiger partial charge in [0, 0.05) is 0 Å². The molecule has 2 heteroatoms. The molecule has 0 fully saturated rings. The van der Waals surface area contributed by atoms with Gasteiger partial charge in [0.2, 0.25) is 0 Å². The van der Waals surface area contributed by atoms with E-state index in [0.717, 1.165) is 13.0 Å². The largest absolute Gasteiger partial charge is 0.310 e. The van der Waals surface area contributed by atoms with Gasteiger partial charge < -0.3 is 5.32 Å². The number of nitrogens with one attached hydrogen (secondary N) is 1. The van der Waals surface area contributed by atoms with Gasteiger partial charge in [0.1, 0.15) is 5.78 Å². The van der Waals surface area contributed by atoms with E-state index < -0.39 is 0 Å². The molecule has 1 aromatic rings. The van der Waals surface area contributed by atoms with Gasteiger partial charge in [-0.05, 0) is 62.9 Å². The van der Waals surface area contributed by atoms with Gasteiger partial charge in [0.15, 0.2) is 0 Å². The molecule has 0 saturated carbocycles. The van der Waals surface area contributed by atoms with Crippen LogP contribution < -0.4 is 5.32 Å². The molecule has 0 aliphatic heterocycles. The van der Waals surface area contributed by atoms with Gasteiger partial charge in [-0.15, -0.1) is 0 Å². The van der Waals surface area contributed by atoms with E-state index in [1.807, 2.05) is 0 Å². The van der Waals surface area contributed by atoms with Crippen LogP contribution in [0.2, 0.25) is 0 Å². The van der Waals surface area contributed by atoms with Crippen LogP contribution in [0.1, 0.15) is 29.2 Å². The summed E-state index contributed by atoms with van der Waals surface area (Å²) in [5.41, 5.74) is 5.48. The minimum absolute atomic E-state index is 0.191. The Labute approximate surface area is 98.1 Å². The molecule has 1 rings (SSSR count). The number of aryl methyl sites for hydroxylation is 1. The minimum Gasteiger partial charge on any atom is -0.310 e. The number of benzene rings is 1. The number of rotatable bonds is 5. The molecule has 1 N–H and O–H groups in total. The third-order valence-corrected chi connectivity index (χ3v) is 3.12. The summed E-state index contributed by atoms with van der Waals surface area (Å²) >= 11 is 0. The molecule has 0 atom stereocenters. The molecule has 0 spiro atoms. The van der Waals surface area contributed by atoms with Gasteiger partial charge in [-0.2, -0.15) is 0 Å². The van der Waals surface area contributed by atoms with E-state index in [-0.39, 0.29) is 5.78 Å². The van der Waals surface area contributed by atoms with Crippen molar-refractivity contribution in [2.45, 2.75) is 34.1 Å². The Kier molecular flexibility index (Phi) is 4.69. The summed E-state index contributed by atoms with van der Waals surface area (Å²) in [6.45, 7) is 9.42. The van der Waals surface area contributed by atoms with Gasteiger partial charge in [-0.25, -0.2) is 0 Å². The third kappa shape index (κ3) is 3.46. The van der Waals surface area contributed by atoms with Crippen LogP contribution in [0.5, 0.6) is 0 Å². The fraction of sp³-hybridized carbons (Fsp3) is 0.500. The van der Waals surface area contributed by atoms with Crippen LogP contribution >= 0.6 is 0 Å². The predicted molar refractivity (Wildman–Crippen MR) is 67.9 cm³/mol. The van der Waals surface area contributed by atoms with Crippen molar-refractivity contribution in [3.05, 3.63) is 34.4 Å². The first kappa shape index (κ1) is 12.9. The van der Waals surface area contributed by atoms with Gasteiger partial charge in [-0.1, -0.05) is 12.1 Å². The lowest BCUT2D eigenvalue weighted by Gasteiger charge is -2.11. The van der Waals surface area contributed by atoms with E-state index >= 15 is 0 Å². The van der Waals surface area contributed by atoms with Crippen LogP contribution in [0.3, 0.4) is 0 Å². The fourth-order valence-corrected chi connectivity index (χ4v) is 1.77. The maximum Gasteiger partial charge on any atom is 0.143 e. The topological polar surface area (TPSA) is 29.1 Å². The zero-order valence-corrected chi connectivity index (χ0v) is 10.7. The smallest absolute Gasteiger partial charge is 0.143 e. The molecular formula is C14H21NO. The lowest BCUT2D eigenvalue weighted by Crippen LogP contribution is -2.23. The van der Waals surface area contributed by atoms with Crippen molar-refractivity contribution in [1.82, 2.24) is 5.32 Å². The van der Waals surface area contributed by atoms with Crippen LogP contribution in [-0.4, -0.2) is 18.9 Å². The molecular weight excluding hydrogens is 198 g/mol. The molecule has 0 aliphatic carbocycles. The second-order valence-corrected chi connectivity index (χ2v) is 4.42. The zero-order valence-electron chi connectivity index (χ0n) is 10.7. The number of Topliss-reactive ketones (excluding diaryl/α,β-unsaturated/α-hetero) is 1. The molecule has 88 valence electrons. The van der Waals surface area contributed by atoms with Crippen molar-refractivity contribution >= 4 is 5.78 Å². The van der Waals surface area contributed by atoms with E-state index in [4.69, 9.17) is 0 Å². The molecule has 0 aliphatic rings. The molecule has 0 amide bonds. The summed E-state index contributed by atoms with van der Waals surface area (Å²) < 4.78 is 0. The van der Waals surface area contributed by atoms with Gasteiger partial charge in [0.25, 0.3) is 0 Å². The Morgan fingerprint density at radius 1 is 1.19 bits per heavy atom. The Morgan fingerprint density at radius 2 is 1.88 bits per heavy atom. The van der Waals surface area contributed by atoms with E-state index in [0.29, 0.717) is 6.54 Å². The summed E-state index contributed by atoms with van der Waals surface area (Å²) in [7, 11) is 0. The SMILES string of the molecule is CC(=O)CNCCc1ccc(C)c(C)c1C. The standard InChI is InChI=1S/C14H21NO/c1-10-5-6-14(13(4)12(10)3)7-8-15-9-11(2)16/h5-6,15H,7-9H2,1-4H3. The molecule has 2 nitrogen and oxygen atoms in total. The van der Waals surface area contributed by atoms with Crippen molar-refractivity contribution in [1.29, 1.82) is 0 Å². The zero-order chi connectivity index (χ0) is 12.1. The normalized spacial score (nSPS) is 10.5. The number of hydrogen-bond acceptors (Lipinski definition) is 2. The van der Waals surface area contributed by atoms with Crippen LogP contribution in [-0.2, 0) is 11.2 Å². The number of hydrogen-bond donors (Lipinski definition) is 1. The highest BCUT2D eigenvalue weighted by atomic mass is 16.1. The molecule has 0 saturated heterocycles. The average Bonchev–Trinajstić information content (AvgIpc) is 2.23. The molecule has 0 radical (unpaired) electrons. The summed E-state index contributed by atoms with van der Waals surface area (Å²) in [6, 6.07) is 4.36. The Morgan fingerprint density at radius 3 is 2.50 bits per heavy atom. The summed E-state index contributed by atoms with van der Waals surface area (Å²) in [5, 5.41) is 3.15. The Hall–Kier alpha value is -1.15. The summed E-state index contributed by atoms with van der Waals surface area (Å²) in [5.74, 6) is 0.191. The van der Waals surface area contributed by atoms with Gasteiger partial charge >= 0.3 is 0 Å². The van der Waals surface area contributed by atoms with Crippen LogP contribution in [0, 0.1) is 20.8 Å². The van der Waals surface area contributed by atoms with Crippen LogP contribution in [0.15, 0.2) is 12.1 Å². The third-order valence-electron chi connectivity index (χ3n) is 3.12. The lowest BCUT2D eigenvalue weighted by molar-refractivity contribution is -0.116. The van der Waals surface area contributed by atoms with Crippen molar-refractivity contribution in [3.63, 3.8) is 0 Å². The molecule has 0 heterocycles. The molecule has 0 unspecified atom stereocenters. The summed E-state index contributed by atoms with van der Waals surface area (Å²) in [4.78, 5) is 10.8. The van der Waals surface area contributed by atoms with Crippen molar-refractivity contribution in [3.8, 4) is 0 Å². The Bertz CT molecular complexity index is 383. The van der Waals surface area contributed by atoms with Gasteiger partial charge in [-0.3, -0.25) is 4.79 Å². The number of carbonyl (C=O) groups excluding carboxylic acids is 1. The fourth-order valence-electron chi connectivity index (χ4n) is 1.77. The first-order chi connectivity index (χ1) is 7.52. The highest BCUT2D eigenvalue weighted by Gasteiger charge is 2.03. The first-order valence-corrected chi connectivity index (χ1v) is 5.78. The van der Waals surface area contributed by atoms with E-state index in [2.05, 4.69) is 38.2 Å². The average molecular weight is 219 g/mol. The van der Waals surface area contributed by atoms with Crippen molar-refractivity contribution in [2.24, 2.45) is 0 Å². The molecule has 1 aromatic carbocycles. The monoisotopic (exact) mass is 219 g/mol. The first-order valence-electron chi connectivity index (χ1n) is 5.78. The maximum absolute atomic E-state index is 10.8. The lowest BCUT2D eigenvalue weighted by atomic mass is 9.97. The second-order valence-electron chi connectivity index (χ2n) is 4.42. The number of ketones is 1. The molecule has 0 aromatic heterocycles. The van der Waals surface area contributed by atoms with Gasteiger partial charge in [0.05, 0.1) is 6.54 Å². The molecule has 0 bridgehead atoms. The minimum atomic E-state index is 0.191. The molecule has 16 heavy (non-hydrogen) atoms. The van der Waals surface area contributed by atoms with E-state index in [1.165, 1.54) is 22.3 Å². The van der Waals surface area contributed by atoms with E-state index in [1.54, 1.807) is 6.92 Å². The quantitative estimate of drug-likeness (QED) is 0.770.